The minimum Gasteiger partial charge on any atom is -0.379 e. The molecule has 0 atom stereocenters. The number of para-hydroxylation sites is 1. The first-order valence-electron chi connectivity index (χ1n) is 10.3. The van der Waals surface area contributed by atoms with Gasteiger partial charge < -0.3 is 4.74 Å². The van der Waals surface area contributed by atoms with Gasteiger partial charge in [0.15, 0.2) is 15.0 Å². The second-order valence-corrected chi connectivity index (χ2v) is 10.7. The second kappa shape index (κ2) is 10.9. The number of amides is 1. The zero-order chi connectivity index (χ0) is 22.7. The van der Waals surface area contributed by atoms with E-state index in [0.29, 0.717) is 47.2 Å². The van der Waals surface area contributed by atoms with Crippen LogP contribution in [0.2, 0.25) is 0 Å². The average Bonchev–Trinajstić information content (AvgIpc) is 3.19. The molecular weight excluding hydrogens is 489 g/mol. The summed E-state index contributed by atoms with van der Waals surface area (Å²) in [5.74, 6) is -0.533. The molecule has 178 valence electrons. The van der Waals surface area contributed by atoms with Crippen LogP contribution in [0.15, 0.2) is 47.4 Å². The summed E-state index contributed by atoms with van der Waals surface area (Å²) >= 11 is 1.29. The van der Waals surface area contributed by atoms with Crippen molar-refractivity contribution in [1.29, 1.82) is 0 Å². The Morgan fingerprint density at radius 1 is 1.18 bits per heavy atom. The van der Waals surface area contributed by atoms with Gasteiger partial charge in [-0.2, -0.15) is 0 Å². The molecule has 0 unspecified atom stereocenters. The maximum atomic E-state index is 13.3. The van der Waals surface area contributed by atoms with Crippen molar-refractivity contribution in [2.75, 3.05) is 50.5 Å². The first-order chi connectivity index (χ1) is 15.3. The number of carbonyl (C=O) groups excluding carboxylic acids is 1. The van der Waals surface area contributed by atoms with Gasteiger partial charge in [-0.25, -0.2) is 17.8 Å². The lowest BCUT2D eigenvalue weighted by Gasteiger charge is -2.29. The number of rotatable bonds is 7. The van der Waals surface area contributed by atoms with Crippen LogP contribution in [-0.4, -0.2) is 69.9 Å². The number of sulfone groups is 1. The van der Waals surface area contributed by atoms with Crippen LogP contribution in [0.1, 0.15) is 5.56 Å². The third-order valence-electron chi connectivity index (χ3n) is 5.31. The van der Waals surface area contributed by atoms with E-state index < -0.39 is 9.84 Å². The van der Waals surface area contributed by atoms with Crippen LogP contribution in [0.25, 0.3) is 10.2 Å². The Bertz CT molecular complexity index is 1210. The van der Waals surface area contributed by atoms with Crippen LogP contribution >= 0.6 is 23.7 Å². The SMILES string of the molecule is CS(=O)(=O)c1cccc2sc(N(CCN3CCOCC3)C(=O)Cc3ccc(F)cc3)nc12.Cl. The standard InChI is InChI=1S/C22H24FN3O4S2.ClH/c1-32(28,29)19-4-2-3-18-21(19)24-22(31-18)26(10-9-25-11-13-30-14-12-25)20(27)15-16-5-7-17(23)8-6-16;/h2-8H,9-15H2,1H3;1H. The van der Waals surface area contributed by atoms with E-state index in [4.69, 9.17) is 4.74 Å². The first-order valence-corrected chi connectivity index (χ1v) is 13.0. The molecule has 3 aromatic rings. The van der Waals surface area contributed by atoms with Crippen molar-refractivity contribution in [1.82, 2.24) is 9.88 Å². The minimum atomic E-state index is -3.46. The fourth-order valence-electron chi connectivity index (χ4n) is 3.59. The maximum absolute atomic E-state index is 13.3. The van der Waals surface area contributed by atoms with Gasteiger partial charge in [-0.05, 0) is 29.8 Å². The molecule has 7 nitrogen and oxygen atoms in total. The molecule has 2 aromatic carbocycles. The summed E-state index contributed by atoms with van der Waals surface area (Å²) in [6.45, 7) is 3.95. The van der Waals surface area contributed by atoms with E-state index in [1.54, 1.807) is 29.2 Å². The van der Waals surface area contributed by atoms with Crippen LogP contribution in [0.5, 0.6) is 0 Å². The third kappa shape index (κ3) is 6.27. The summed E-state index contributed by atoms with van der Waals surface area (Å²) in [6, 6.07) is 10.9. The van der Waals surface area contributed by atoms with E-state index >= 15 is 0 Å². The lowest BCUT2D eigenvalue weighted by Crippen LogP contribution is -2.43. The Morgan fingerprint density at radius 3 is 2.55 bits per heavy atom. The predicted molar refractivity (Wildman–Crippen MR) is 130 cm³/mol. The normalized spacial score (nSPS) is 14.7. The van der Waals surface area contributed by atoms with Gasteiger partial charge in [-0.1, -0.05) is 29.5 Å². The summed E-state index contributed by atoms with van der Waals surface area (Å²) in [5.41, 5.74) is 1.08. The van der Waals surface area contributed by atoms with Crippen LogP contribution in [0.3, 0.4) is 0 Å². The van der Waals surface area contributed by atoms with E-state index in [9.17, 15) is 17.6 Å². The lowest BCUT2D eigenvalue weighted by atomic mass is 10.1. The molecule has 1 aliphatic rings. The van der Waals surface area contributed by atoms with E-state index in [1.165, 1.54) is 29.5 Å². The Balaban J connectivity index is 0.00000306. The maximum Gasteiger partial charge on any atom is 0.233 e. The number of anilines is 1. The number of fused-ring (bicyclic) bond motifs is 1. The topological polar surface area (TPSA) is 79.8 Å². The van der Waals surface area contributed by atoms with E-state index in [2.05, 4.69) is 9.88 Å². The number of aromatic nitrogens is 1. The Hall–Kier alpha value is -2.11. The largest absolute Gasteiger partial charge is 0.379 e. The molecular formula is C22H25ClFN3O4S2. The van der Waals surface area contributed by atoms with Crippen LogP contribution in [0.4, 0.5) is 9.52 Å². The number of hydrogen-bond acceptors (Lipinski definition) is 7. The molecule has 0 saturated carbocycles. The minimum absolute atomic E-state index is 0. The molecule has 1 amide bonds. The Labute approximate surface area is 202 Å². The highest BCUT2D eigenvalue weighted by Crippen LogP contribution is 2.33. The molecule has 0 bridgehead atoms. The Morgan fingerprint density at radius 2 is 1.88 bits per heavy atom. The molecule has 11 heteroatoms. The van der Waals surface area contributed by atoms with Gasteiger partial charge in [0.1, 0.15) is 11.3 Å². The zero-order valence-electron chi connectivity index (χ0n) is 18.1. The highest BCUT2D eigenvalue weighted by Gasteiger charge is 2.24. The lowest BCUT2D eigenvalue weighted by molar-refractivity contribution is -0.118. The third-order valence-corrected chi connectivity index (χ3v) is 7.49. The van der Waals surface area contributed by atoms with Gasteiger partial charge in [0.2, 0.25) is 5.91 Å². The van der Waals surface area contributed by atoms with Gasteiger partial charge in [-0.15, -0.1) is 12.4 Å². The second-order valence-electron chi connectivity index (χ2n) is 7.67. The van der Waals surface area contributed by atoms with Crippen LogP contribution in [-0.2, 0) is 25.8 Å². The number of ether oxygens (including phenoxy) is 1. The molecule has 1 aromatic heterocycles. The van der Waals surface area contributed by atoms with Gasteiger partial charge in [0.05, 0.1) is 29.2 Å². The highest BCUT2D eigenvalue weighted by molar-refractivity contribution is 7.91. The molecule has 33 heavy (non-hydrogen) atoms. The van der Waals surface area contributed by atoms with Gasteiger partial charge in [0, 0.05) is 32.4 Å². The van der Waals surface area contributed by atoms with Crippen molar-refractivity contribution < 1.29 is 22.3 Å². The molecule has 0 radical (unpaired) electrons. The molecule has 1 aliphatic heterocycles. The van der Waals surface area contributed by atoms with E-state index in [1.807, 2.05) is 0 Å². The van der Waals surface area contributed by atoms with Crippen molar-refractivity contribution in [2.24, 2.45) is 0 Å². The van der Waals surface area contributed by atoms with Crippen LogP contribution in [0, 0.1) is 5.82 Å². The molecule has 0 N–H and O–H groups in total. The number of halogens is 2. The number of hydrogen-bond donors (Lipinski definition) is 0. The fourth-order valence-corrected chi connectivity index (χ4v) is 5.52. The first kappa shape index (κ1) is 25.5. The Kier molecular flexibility index (Phi) is 8.41. The number of thiazole rings is 1. The van der Waals surface area contributed by atoms with Crippen molar-refractivity contribution in [2.45, 2.75) is 11.3 Å². The van der Waals surface area contributed by atoms with Crippen molar-refractivity contribution >= 4 is 54.8 Å². The molecule has 0 spiro atoms. The molecule has 1 fully saturated rings. The number of morpholine rings is 1. The number of nitrogens with zero attached hydrogens (tertiary/aromatic N) is 3. The van der Waals surface area contributed by atoms with Crippen LogP contribution < -0.4 is 4.90 Å². The van der Waals surface area contributed by atoms with Gasteiger partial charge >= 0.3 is 0 Å². The van der Waals surface area contributed by atoms with Gasteiger partial charge in [-0.3, -0.25) is 14.6 Å². The highest BCUT2D eigenvalue weighted by atomic mass is 35.5. The molecule has 0 aliphatic carbocycles. The van der Waals surface area contributed by atoms with Gasteiger partial charge in [0.25, 0.3) is 0 Å². The fraction of sp³-hybridized carbons (Fsp3) is 0.364. The van der Waals surface area contributed by atoms with E-state index in [0.717, 1.165) is 19.3 Å². The summed E-state index contributed by atoms with van der Waals surface area (Å²) in [7, 11) is -3.46. The summed E-state index contributed by atoms with van der Waals surface area (Å²) in [4.78, 5) is 21.8. The van der Waals surface area contributed by atoms with E-state index in [-0.39, 0.29) is 35.4 Å². The summed E-state index contributed by atoms with van der Waals surface area (Å²) in [6.07, 6.45) is 1.24. The smallest absolute Gasteiger partial charge is 0.233 e. The van der Waals surface area contributed by atoms with Crippen molar-refractivity contribution in [3.63, 3.8) is 0 Å². The predicted octanol–water partition coefficient (Wildman–Crippen LogP) is 3.17. The molecule has 1 saturated heterocycles. The zero-order valence-corrected chi connectivity index (χ0v) is 20.5. The van der Waals surface area contributed by atoms with Crippen molar-refractivity contribution in [3.05, 3.63) is 53.8 Å². The quantitative estimate of drug-likeness (QED) is 0.483. The average molecular weight is 514 g/mol. The monoisotopic (exact) mass is 513 g/mol. The molecule has 2 heterocycles. The molecule has 4 rings (SSSR count). The summed E-state index contributed by atoms with van der Waals surface area (Å²) in [5, 5.41) is 0.455. The number of benzene rings is 2. The summed E-state index contributed by atoms with van der Waals surface area (Å²) < 4.78 is 43.7. The number of carbonyl (C=O) groups is 1. The van der Waals surface area contributed by atoms with Crippen molar-refractivity contribution in [3.8, 4) is 0 Å².